The van der Waals surface area contributed by atoms with Gasteiger partial charge in [-0.15, -0.1) is 0 Å². The number of nitriles is 1. The van der Waals surface area contributed by atoms with Crippen molar-refractivity contribution < 1.29 is 23.0 Å². The minimum absolute atomic E-state index is 0.0385. The van der Waals surface area contributed by atoms with Crippen LogP contribution in [0.25, 0.3) is 22.2 Å². The monoisotopic (exact) mass is 427 g/mol. The number of aromatic nitrogens is 1. The number of hydrogen-bond acceptors (Lipinski definition) is 4. The molecule has 1 amide bonds. The van der Waals surface area contributed by atoms with Crippen LogP contribution in [-0.2, 0) is 11.3 Å². The smallest absolute Gasteiger partial charge is 0.411 e. The second-order valence-electron chi connectivity index (χ2n) is 7.20. The van der Waals surface area contributed by atoms with Crippen LogP contribution in [0.1, 0.15) is 32.8 Å². The van der Waals surface area contributed by atoms with Gasteiger partial charge in [0.2, 0.25) is 0 Å². The summed E-state index contributed by atoms with van der Waals surface area (Å²) in [5.41, 5.74) is 3.10. The van der Waals surface area contributed by atoms with Crippen molar-refractivity contribution in [2.75, 3.05) is 5.32 Å². The fourth-order valence-corrected chi connectivity index (χ4v) is 3.45. The van der Waals surface area contributed by atoms with Crippen LogP contribution in [0, 0.1) is 11.3 Å². The van der Waals surface area contributed by atoms with Crippen molar-refractivity contribution in [1.29, 1.82) is 5.26 Å². The standard InChI is InChI=1S/C23H23F2N3O3/c1-4-11-28-20-12-17(31-22(24)25)9-10-18(20)19(13-26)21(28)15-5-7-16(8-6-15)27-23(29)30-14(2)3/h5-10,12,14,22H,4,11H2,1-3H3,(H,27,29). The number of aryl methyl sites for hydroxylation is 1. The third-order valence-electron chi connectivity index (χ3n) is 4.57. The van der Waals surface area contributed by atoms with Gasteiger partial charge in [0.05, 0.1) is 22.9 Å². The Bertz CT molecular complexity index is 1120. The van der Waals surface area contributed by atoms with Gasteiger partial charge in [-0.25, -0.2) is 4.79 Å². The molecule has 0 saturated heterocycles. The van der Waals surface area contributed by atoms with Gasteiger partial charge in [-0.05, 0) is 50.1 Å². The summed E-state index contributed by atoms with van der Waals surface area (Å²) < 4.78 is 36.9. The highest BCUT2D eigenvalue weighted by Crippen LogP contribution is 2.36. The highest BCUT2D eigenvalue weighted by molar-refractivity contribution is 5.95. The first-order valence-corrected chi connectivity index (χ1v) is 9.93. The highest BCUT2D eigenvalue weighted by Gasteiger charge is 2.20. The molecule has 6 nitrogen and oxygen atoms in total. The molecule has 162 valence electrons. The van der Waals surface area contributed by atoms with Crippen LogP contribution in [0.4, 0.5) is 19.3 Å². The summed E-state index contributed by atoms with van der Waals surface area (Å²) in [6.45, 7) is 3.18. The molecule has 0 unspecified atom stereocenters. The first kappa shape index (κ1) is 22.1. The highest BCUT2D eigenvalue weighted by atomic mass is 19.3. The lowest BCUT2D eigenvalue weighted by Crippen LogP contribution is -2.17. The second kappa shape index (κ2) is 9.47. The van der Waals surface area contributed by atoms with Gasteiger partial charge in [-0.1, -0.05) is 19.1 Å². The van der Waals surface area contributed by atoms with Crippen LogP contribution in [0.3, 0.4) is 0 Å². The molecule has 2 aromatic carbocycles. The van der Waals surface area contributed by atoms with Gasteiger partial charge in [-0.2, -0.15) is 14.0 Å². The molecule has 0 spiro atoms. The molecule has 31 heavy (non-hydrogen) atoms. The number of nitrogens with one attached hydrogen (secondary N) is 1. The summed E-state index contributed by atoms with van der Waals surface area (Å²) in [5, 5.41) is 13.2. The van der Waals surface area contributed by atoms with E-state index in [4.69, 9.17) is 4.74 Å². The molecular weight excluding hydrogens is 404 g/mol. The number of nitrogens with zero attached hydrogens (tertiary/aromatic N) is 2. The maximum Gasteiger partial charge on any atom is 0.411 e. The van der Waals surface area contributed by atoms with E-state index in [1.165, 1.54) is 12.1 Å². The average Bonchev–Trinajstić information content (AvgIpc) is 3.00. The lowest BCUT2D eigenvalue weighted by molar-refractivity contribution is -0.0497. The van der Waals surface area contributed by atoms with Crippen molar-refractivity contribution in [3.8, 4) is 23.1 Å². The maximum atomic E-state index is 12.7. The summed E-state index contributed by atoms with van der Waals surface area (Å²) in [6, 6.07) is 13.9. The third-order valence-corrected chi connectivity index (χ3v) is 4.57. The Balaban J connectivity index is 2.05. The van der Waals surface area contributed by atoms with E-state index in [2.05, 4.69) is 16.1 Å². The number of anilines is 1. The molecular formula is C23H23F2N3O3. The second-order valence-corrected chi connectivity index (χ2v) is 7.20. The molecule has 0 saturated carbocycles. The summed E-state index contributed by atoms with van der Waals surface area (Å²) in [5.74, 6) is 0.0385. The molecule has 0 fully saturated rings. The number of alkyl halides is 2. The van der Waals surface area contributed by atoms with Crippen LogP contribution in [-0.4, -0.2) is 23.4 Å². The molecule has 3 rings (SSSR count). The van der Waals surface area contributed by atoms with Crippen molar-refractivity contribution in [3.63, 3.8) is 0 Å². The predicted molar refractivity (Wildman–Crippen MR) is 114 cm³/mol. The topological polar surface area (TPSA) is 76.3 Å². The van der Waals surface area contributed by atoms with Crippen molar-refractivity contribution in [3.05, 3.63) is 48.0 Å². The fraction of sp³-hybridized carbons (Fsp3) is 0.304. The van der Waals surface area contributed by atoms with Gasteiger partial charge < -0.3 is 14.0 Å². The van der Waals surface area contributed by atoms with E-state index in [1.807, 2.05) is 11.5 Å². The number of rotatable bonds is 7. The quantitative estimate of drug-likeness (QED) is 0.491. The maximum absolute atomic E-state index is 12.7. The van der Waals surface area contributed by atoms with E-state index in [0.717, 1.165) is 12.0 Å². The largest absolute Gasteiger partial charge is 0.447 e. The van der Waals surface area contributed by atoms with E-state index in [1.54, 1.807) is 44.2 Å². The van der Waals surface area contributed by atoms with Crippen molar-refractivity contribution in [1.82, 2.24) is 4.57 Å². The van der Waals surface area contributed by atoms with Gasteiger partial charge in [0.25, 0.3) is 0 Å². The molecule has 0 aliphatic heterocycles. The molecule has 1 heterocycles. The summed E-state index contributed by atoms with van der Waals surface area (Å²) in [7, 11) is 0. The molecule has 3 aromatic rings. The molecule has 1 aromatic heterocycles. The van der Waals surface area contributed by atoms with E-state index < -0.39 is 12.7 Å². The van der Waals surface area contributed by atoms with Gasteiger partial charge in [0.1, 0.15) is 11.8 Å². The van der Waals surface area contributed by atoms with E-state index in [9.17, 15) is 18.8 Å². The van der Waals surface area contributed by atoms with Gasteiger partial charge >= 0.3 is 12.7 Å². The van der Waals surface area contributed by atoms with Crippen LogP contribution >= 0.6 is 0 Å². The summed E-state index contributed by atoms with van der Waals surface area (Å²) >= 11 is 0. The predicted octanol–water partition coefficient (Wildman–Crippen LogP) is 6.15. The summed E-state index contributed by atoms with van der Waals surface area (Å²) in [4.78, 5) is 11.8. The lowest BCUT2D eigenvalue weighted by atomic mass is 10.1. The number of carbonyl (C=O) groups is 1. The van der Waals surface area contributed by atoms with Crippen LogP contribution in [0.2, 0.25) is 0 Å². The van der Waals surface area contributed by atoms with Crippen molar-refractivity contribution in [2.45, 2.75) is 46.5 Å². The zero-order chi connectivity index (χ0) is 22.5. The number of benzene rings is 2. The number of fused-ring (bicyclic) bond motifs is 1. The Labute approximate surface area is 179 Å². The number of ether oxygens (including phenoxy) is 2. The minimum Gasteiger partial charge on any atom is -0.447 e. The van der Waals surface area contributed by atoms with Crippen LogP contribution < -0.4 is 10.1 Å². The molecule has 1 N–H and O–H groups in total. The third kappa shape index (κ3) is 4.94. The Kier molecular flexibility index (Phi) is 6.75. The van der Waals surface area contributed by atoms with Gasteiger partial charge in [-0.3, -0.25) is 5.32 Å². The van der Waals surface area contributed by atoms with Crippen LogP contribution in [0.15, 0.2) is 42.5 Å². The molecule has 0 radical (unpaired) electrons. The SMILES string of the molecule is CCCn1c(-c2ccc(NC(=O)OC(C)C)cc2)c(C#N)c2ccc(OC(F)F)cc21. The number of hydrogen-bond donors (Lipinski definition) is 1. The van der Waals surface area contributed by atoms with E-state index in [0.29, 0.717) is 34.4 Å². The first-order valence-electron chi connectivity index (χ1n) is 9.93. The van der Waals surface area contributed by atoms with E-state index >= 15 is 0 Å². The van der Waals surface area contributed by atoms with E-state index in [-0.39, 0.29) is 11.9 Å². The zero-order valence-corrected chi connectivity index (χ0v) is 17.5. The lowest BCUT2D eigenvalue weighted by Gasteiger charge is -2.12. The fourth-order valence-electron chi connectivity index (χ4n) is 3.45. The minimum atomic E-state index is -2.93. The molecule has 0 aliphatic carbocycles. The molecule has 0 bridgehead atoms. The van der Waals surface area contributed by atoms with Crippen molar-refractivity contribution in [2.24, 2.45) is 0 Å². The summed E-state index contributed by atoms with van der Waals surface area (Å²) in [6.07, 6.45) is -0.00399. The van der Waals surface area contributed by atoms with Crippen molar-refractivity contribution >= 4 is 22.7 Å². The Hall–Kier alpha value is -3.60. The van der Waals surface area contributed by atoms with Gasteiger partial charge in [0, 0.05) is 23.7 Å². The van der Waals surface area contributed by atoms with Crippen LogP contribution in [0.5, 0.6) is 5.75 Å². The van der Waals surface area contributed by atoms with Gasteiger partial charge in [0.15, 0.2) is 0 Å². The Morgan fingerprint density at radius 1 is 1.19 bits per heavy atom. The number of halogens is 2. The Morgan fingerprint density at radius 3 is 2.48 bits per heavy atom. The number of amides is 1. The number of carbonyl (C=O) groups excluding carboxylic acids is 1. The molecule has 8 heteroatoms. The normalized spacial score (nSPS) is 11.0. The average molecular weight is 427 g/mol. The molecule has 0 atom stereocenters. The zero-order valence-electron chi connectivity index (χ0n) is 17.5. The first-order chi connectivity index (χ1) is 14.8. The Morgan fingerprint density at radius 2 is 1.90 bits per heavy atom. The molecule has 0 aliphatic rings.